The SMILES string of the molecule is CCOP(=O)(OCC)[C@@H](CC(=O)OC)C(=O)OC. The second-order valence-corrected chi connectivity index (χ2v) is 5.41. The van der Waals surface area contributed by atoms with E-state index in [0.717, 1.165) is 7.11 Å². The highest BCUT2D eigenvalue weighted by molar-refractivity contribution is 7.55. The van der Waals surface area contributed by atoms with Crippen LogP contribution >= 0.6 is 7.60 Å². The molecule has 0 rings (SSSR count). The lowest BCUT2D eigenvalue weighted by atomic mass is 10.3. The van der Waals surface area contributed by atoms with Gasteiger partial charge < -0.3 is 18.5 Å². The summed E-state index contributed by atoms with van der Waals surface area (Å²) in [4.78, 5) is 22.8. The summed E-state index contributed by atoms with van der Waals surface area (Å²) in [5.74, 6) is -1.52. The van der Waals surface area contributed by atoms with Gasteiger partial charge in [0.2, 0.25) is 0 Å². The van der Waals surface area contributed by atoms with Crippen LogP contribution in [0, 0.1) is 0 Å². The fourth-order valence-electron chi connectivity index (χ4n) is 1.28. The minimum Gasteiger partial charge on any atom is -0.469 e. The average molecular weight is 282 g/mol. The molecule has 0 saturated heterocycles. The van der Waals surface area contributed by atoms with E-state index in [2.05, 4.69) is 9.47 Å². The second kappa shape index (κ2) is 8.24. The molecule has 0 N–H and O–H groups in total. The smallest absolute Gasteiger partial charge is 0.345 e. The quantitative estimate of drug-likeness (QED) is 0.490. The number of methoxy groups -OCH3 is 2. The Bertz CT molecular complexity index is 318. The van der Waals surface area contributed by atoms with E-state index in [1.165, 1.54) is 7.11 Å². The number of hydrogen-bond acceptors (Lipinski definition) is 7. The van der Waals surface area contributed by atoms with E-state index in [9.17, 15) is 14.2 Å². The second-order valence-electron chi connectivity index (χ2n) is 3.19. The lowest BCUT2D eigenvalue weighted by Crippen LogP contribution is -2.28. The highest BCUT2D eigenvalue weighted by Crippen LogP contribution is 2.54. The molecule has 18 heavy (non-hydrogen) atoms. The average Bonchev–Trinajstić information content (AvgIpc) is 2.35. The van der Waals surface area contributed by atoms with E-state index in [0.29, 0.717) is 0 Å². The van der Waals surface area contributed by atoms with Gasteiger partial charge in [-0.15, -0.1) is 0 Å². The zero-order chi connectivity index (χ0) is 14.2. The van der Waals surface area contributed by atoms with Gasteiger partial charge in [-0.1, -0.05) is 0 Å². The van der Waals surface area contributed by atoms with Crippen molar-refractivity contribution in [3.63, 3.8) is 0 Å². The summed E-state index contributed by atoms with van der Waals surface area (Å²) in [6.45, 7) is 3.40. The molecule has 0 aromatic carbocycles. The fourth-order valence-corrected chi connectivity index (χ4v) is 3.17. The van der Waals surface area contributed by atoms with E-state index in [1.807, 2.05) is 0 Å². The number of ether oxygens (including phenoxy) is 2. The van der Waals surface area contributed by atoms with Crippen LogP contribution in [0.3, 0.4) is 0 Å². The molecule has 0 aromatic heterocycles. The largest absolute Gasteiger partial charge is 0.469 e. The van der Waals surface area contributed by atoms with Crippen LogP contribution in [-0.4, -0.2) is 45.0 Å². The van der Waals surface area contributed by atoms with Crippen molar-refractivity contribution in [1.29, 1.82) is 0 Å². The third kappa shape index (κ3) is 4.76. The molecule has 0 radical (unpaired) electrons. The van der Waals surface area contributed by atoms with Gasteiger partial charge in [-0.3, -0.25) is 14.2 Å². The number of hydrogen-bond donors (Lipinski definition) is 0. The molecule has 8 heteroatoms. The first-order chi connectivity index (χ1) is 8.45. The standard InChI is InChI=1S/C10H19O7P/c1-5-16-18(13,17-6-2)8(10(12)15-4)7-9(11)14-3/h8H,5-7H2,1-4H3/t8-/m0/s1. The van der Waals surface area contributed by atoms with Crippen molar-refractivity contribution in [2.75, 3.05) is 27.4 Å². The maximum absolute atomic E-state index is 12.4. The zero-order valence-corrected chi connectivity index (χ0v) is 11.9. The summed E-state index contributed by atoms with van der Waals surface area (Å²) in [7, 11) is -1.44. The van der Waals surface area contributed by atoms with Gasteiger partial charge >= 0.3 is 19.5 Å². The Morgan fingerprint density at radius 3 is 1.89 bits per heavy atom. The van der Waals surface area contributed by atoms with Crippen molar-refractivity contribution in [2.24, 2.45) is 0 Å². The summed E-state index contributed by atoms with van der Waals surface area (Å²) < 4.78 is 31.4. The molecular weight excluding hydrogens is 263 g/mol. The maximum Gasteiger partial charge on any atom is 0.345 e. The molecule has 0 aliphatic carbocycles. The zero-order valence-electron chi connectivity index (χ0n) is 11.0. The molecule has 0 spiro atoms. The summed E-state index contributed by atoms with van der Waals surface area (Å²) >= 11 is 0. The molecule has 0 saturated carbocycles. The van der Waals surface area contributed by atoms with Crippen molar-refractivity contribution >= 4 is 19.5 Å². The molecule has 7 nitrogen and oxygen atoms in total. The molecule has 0 aliphatic rings. The van der Waals surface area contributed by atoms with E-state index >= 15 is 0 Å². The molecule has 0 aliphatic heterocycles. The van der Waals surface area contributed by atoms with Gasteiger partial charge in [0.25, 0.3) is 0 Å². The van der Waals surface area contributed by atoms with Crippen molar-refractivity contribution in [3.05, 3.63) is 0 Å². The predicted octanol–water partition coefficient (Wildman–Crippen LogP) is 1.36. The number of esters is 2. The molecule has 0 aromatic rings. The van der Waals surface area contributed by atoms with Gasteiger partial charge in [0.1, 0.15) is 0 Å². The van der Waals surface area contributed by atoms with Crippen LogP contribution in [0.15, 0.2) is 0 Å². The minimum atomic E-state index is -3.74. The normalized spacial score (nSPS) is 12.9. The lowest BCUT2D eigenvalue weighted by Gasteiger charge is -2.23. The van der Waals surface area contributed by atoms with Gasteiger partial charge in [0.15, 0.2) is 5.66 Å². The fraction of sp³-hybridized carbons (Fsp3) is 0.800. The van der Waals surface area contributed by atoms with Crippen LogP contribution in [0.1, 0.15) is 20.3 Å². The molecule has 0 amide bonds. The Hall–Kier alpha value is -0.910. The Labute approximate surface area is 106 Å². The molecule has 0 heterocycles. The first kappa shape index (κ1) is 17.1. The van der Waals surface area contributed by atoms with Crippen LogP contribution in [0.2, 0.25) is 0 Å². The van der Waals surface area contributed by atoms with Gasteiger partial charge in [-0.2, -0.15) is 0 Å². The molecule has 0 fully saturated rings. The Balaban J connectivity index is 5.16. The minimum absolute atomic E-state index is 0.0892. The van der Waals surface area contributed by atoms with E-state index in [4.69, 9.17) is 9.05 Å². The Kier molecular flexibility index (Phi) is 7.82. The summed E-state index contributed by atoms with van der Waals surface area (Å²) in [6, 6.07) is 0. The first-order valence-corrected chi connectivity index (χ1v) is 7.09. The molecular formula is C10H19O7P. The maximum atomic E-state index is 12.4. The lowest BCUT2D eigenvalue weighted by molar-refractivity contribution is -0.147. The summed E-state index contributed by atoms with van der Waals surface area (Å²) in [6.07, 6.45) is -0.416. The van der Waals surface area contributed by atoms with E-state index < -0.39 is 31.6 Å². The first-order valence-electron chi connectivity index (χ1n) is 5.48. The van der Waals surface area contributed by atoms with Gasteiger partial charge in [-0.05, 0) is 13.8 Å². The molecule has 0 unspecified atom stereocenters. The van der Waals surface area contributed by atoms with E-state index in [-0.39, 0.29) is 13.2 Å². The Morgan fingerprint density at radius 2 is 1.56 bits per heavy atom. The number of carbonyl (C=O) groups excluding carboxylic acids is 2. The highest BCUT2D eigenvalue weighted by Gasteiger charge is 2.43. The summed E-state index contributed by atoms with van der Waals surface area (Å²) in [5, 5.41) is 0. The van der Waals surface area contributed by atoms with Crippen molar-refractivity contribution < 1.29 is 32.7 Å². The van der Waals surface area contributed by atoms with Crippen LogP contribution in [0.5, 0.6) is 0 Å². The van der Waals surface area contributed by atoms with Gasteiger partial charge in [0.05, 0.1) is 33.9 Å². The van der Waals surface area contributed by atoms with Crippen molar-refractivity contribution in [1.82, 2.24) is 0 Å². The topological polar surface area (TPSA) is 88.1 Å². The molecule has 0 bridgehead atoms. The van der Waals surface area contributed by atoms with Crippen molar-refractivity contribution in [2.45, 2.75) is 25.9 Å². The predicted molar refractivity (Wildman–Crippen MR) is 63.3 cm³/mol. The Morgan fingerprint density at radius 1 is 1.06 bits per heavy atom. The van der Waals surface area contributed by atoms with Gasteiger partial charge in [0, 0.05) is 0 Å². The third-order valence-electron chi connectivity index (χ3n) is 2.06. The van der Waals surface area contributed by atoms with Crippen LogP contribution in [0.4, 0.5) is 0 Å². The monoisotopic (exact) mass is 282 g/mol. The number of rotatable bonds is 8. The van der Waals surface area contributed by atoms with Crippen molar-refractivity contribution in [3.8, 4) is 0 Å². The molecule has 1 atom stereocenters. The molecule has 106 valence electrons. The van der Waals surface area contributed by atoms with Crippen LogP contribution in [0.25, 0.3) is 0 Å². The number of carbonyl (C=O) groups is 2. The van der Waals surface area contributed by atoms with Crippen LogP contribution in [-0.2, 0) is 32.7 Å². The highest BCUT2D eigenvalue weighted by atomic mass is 31.2. The van der Waals surface area contributed by atoms with Gasteiger partial charge in [-0.25, -0.2) is 0 Å². The van der Waals surface area contributed by atoms with E-state index in [1.54, 1.807) is 13.8 Å². The van der Waals surface area contributed by atoms with Crippen LogP contribution < -0.4 is 0 Å². The summed E-state index contributed by atoms with van der Waals surface area (Å²) in [5.41, 5.74) is -1.31. The third-order valence-corrected chi connectivity index (χ3v) is 4.45.